The van der Waals surface area contributed by atoms with Crippen LogP contribution < -0.4 is 5.32 Å². The van der Waals surface area contributed by atoms with E-state index in [9.17, 15) is 19.2 Å². The summed E-state index contributed by atoms with van der Waals surface area (Å²) in [4.78, 5) is 48.1. The number of carbonyl (C=O) groups excluding carboxylic acids is 4. The van der Waals surface area contributed by atoms with Gasteiger partial charge in [0.15, 0.2) is 12.4 Å². The van der Waals surface area contributed by atoms with Crippen molar-refractivity contribution >= 4 is 29.3 Å². The molecule has 0 saturated carbocycles. The molecule has 31 heavy (non-hydrogen) atoms. The molecule has 0 aliphatic heterocycles. The Bertz CT molecular complexity index is 1030. The lowest BCUT2D eigenvalue weighted by Crippen LogP contribution is -2.21. The van der Waals surface area contributed by atoms with Gasteiger partial charge in [0.2, 0.25) is 0 Å². The molecule has 7 heteroatoms. The summed E-state index contributed by atoms with van der Waals surface area (Å²) in [6.45, 7) is 1.29. The molecule has 0 radical (unpaired) electrons. The number of nitrogens with one attached hydrogen (secondary N) is 1. The molecule has 7 nitrogen and oxygen atoms in total. The highest BCUT2D eigenvalue weighted by molar-refractivity contribution is 5.98. The quantitative estimate of drug-likeness (QED) is 0.516. The standard InChI is InChI=1S/C24H25NO6/c1-15-6-7-19(24(29)30-2)13-20(15)25-22(27)14-31-23(28)11-10-21(26)18-9-8-16-4-3-5-17(16)12-18/h6-9,12-13H,3-5,10-11,14H2,1-2H3,(H,25,27). The summed E-state index contributed by atoms with van der Waals surface area (Å²) in [7, 11) is 1.27. The fourth-order valence-corrected chi connectivity index (χ4v) is 3.51. The molecule has 3 rings (SSSR count). The zero-order valence-corrected chi connectivity index (χ0v) is 17.7. The van der Waals surface area contributed by atoms with Gasteiger partial charge in [-0.3, -0.25) is 14.4 Å². The molecule has 1 aliphatic rings. The Labute approximate surface area is 180 Å². The fraction of sp³-hybridized carbons (Fsp3) is 0.333. The highest BCUT2D eigenvalue weighted by Gasteiger charge is 2.16. The smallest absolute Gasteiger partial charge is 0.337 e. The summed E-state index contributed by atoms with van der Waals surface area (Å²) in [6, 6.07) is 10.5. The topological polar surface area (TPSA) is 98.8 Å². The highest BCUT2D eigenvalue weighted by atomic mass is 16.5. The molecule has 0 unspecified atom stereocenters. The Kier molecular flexibility index (Phi) is 7.18. The van der Waals surface area contributed by atoms with E-state index in [1.165, 1.54) is 24.3 Å². The first kappa shape index (κ1) is 22.2. The van der Waals surface area contributed by atoms with Gasteiger partial charge in [-0.15, -0.1) is 0 Å². The van der Waals surface area contributed by atoms with E-state index < -0.39 is 24.5 Å². The molecule has 1 aliphatic carbocycles. The second kappa shape index (κ2) is 10.0. The van der Waals surface area contributed by atoms with Crippen molar-refractivity contribution in [2.45, 2.75) is 39.0 Å². The first-order valence-electron chi connectivity index (χ1n) is 10.2. The van der Waals surface area contributed by atoms with Crippen LogP contribution in [0.5, 0.6) is 0 Å². The van der Waals surface area contributed by atoms with Gasteiger partial charge in [-0.2, -0.15) is 0 Å². The lowest BCUT2D eigenvalue weighted by atomic mass is 10.0. The van der Waals surface area contributed by atoms with Crippen molar-refractivity contribution in [3.05, 3.63) is 64.2 Å². The van der Waals surface area contributed by atoms with Crippen LogP contribution in [-0.2, 0) is 31.9 Å². The zero-order chi connectivity index (χ0) is 22.4. The second-order valence-corrected chi connectivity index (χ2v) is 7.49. The maximum Gasteiger partial charge on any atom is 0.337 e. The summed E-state index contributed by atoms with van der Waals surface area (Å²) in [6.07, 6.45) is 3.06. The number of fused-ring (bicyclic) bond motifs is 1. The minimum Gasteiger partial charge on any atom is -0.465 e. The van der Waals surface area contributed by atoms with Gasteiger partial charge in [-0.25, -0.2) is 4.79 Å². The van der Waals surface area contributed by atoms with Crippen LogP contribution in [0.4, 0.5) is 5.69 Å². The number of hydrogen-bond donors (Lipinski definition) is 1. The third-order valence-corrected chi connectivity index (χ3v) is 5.27. The molecule has 1 amide bonds. The van der Waals surface area contributed by atoms with Crippen molar-refractivity contribution in [1.29, 1.82) is 0 Å². The Morgan fingerprint density at radius 1 is 0.935 bits per heavy atom. The van der Waals surface area contributed by atoms with Gasteiger partial charge in [0.1, 0.15) is 0 Å². The largest absolute Gasteiger partial charge is 0.465 e. The van der Waals surface area contributed by atoms with E-state index in [2.05, 4.69) is 10.1 Å². The van der Waals surface area contributed by atoms with E-state index >= 15 is 0 Å². The molecule has 1 N–H and O–H groups in total. The maximum atomic E-state index is 12.4. The number of Topliss-reactive ketones (excluding diaryl/α,β-unsaturated/α-hetero) is 1. The van der Waals surface area contributed by atoms with Crippen molar-refractivity contribution in [3.63, 3.8) is 0 Å². The predicted molar refractivity (Wildman–Crippen MR) is 114 cm³/mol. The first-order valence-corrected chi connectivity index (χ1v) is 10.2. The Morgan fingerprint density at radius 2 is 1.68 bits per heavy atom. The van der Waals surface area contributed by atoms with Gasteiger partial charge in [0, 0.05) is 17.7 Å². The van der Waals surface area contributed by atoms with Crippen LogP contribution >= 0.6 is 0 Å². The summed E-state index contributed by atoms with van der Waals surface area (Å²) >= 11 is 0. The SMILES string of the molecule is COC(=O)c1ccc(C)c(NC(=O)COC(=O)CCC(=O)c2ccc3c(c2)CCC3)c1. The monoisotopic (exact) mass is 423 g/mol. The summed E-state index contributed by atoms with van der Waals surface area (Å²) < 4.78 is 9.65. The van der Waals surface area contributed by atoms with Crippen molar-refractivity contribution in [2.75, 3.05) is 19.0 Å². The number of ketones is 1. The van der Waals surface area contributed by atoms with Crippen LogP contribution in [0.25, 0.3) is 0 Å². The number of esters is 2. The maximum absolute atomic E-state index is 12.4. The molecule has 0 bridgehead atoms. The number of benzene rings is 2. The number of methoxy groups -OCH3 is 1. The van der Waals surface area contributed by atoms with Gasteiger partial charge in [-0.1, -0.05) is 18.2 Å². The Morgan fingerprint density at radius 3 is 2.45 bits per heavy atom. The molecular weight excluding hydrogens is 398 g/mol. The van der Waals surface area contributed by atoms with E-state index in [0.717, 1.165) is 24.8 Å². The van der Waals surface area contributed by atoms with E-state index in [1.54, 1.807) is 25.1 Å². The molecule has 162 valence electrons. The number of ether oxygens (including phenoxy) is 2. The molecule has 0 fully saturated rings. The number of hydrogen-bond acceptors (Lipinski definition) is 6. The van der Waals surface area contributed by atoms with Crippen LogP contribution in [0, 0.1) is 6.92 Å². The Hall–Kier alpha value is -3.48. The number of rotatable bonds is 8. The van der Waals surface area contributed by atoms with Crippen LogP contribution in [-0.4, -0.2) is 37.3 Å². The second-order valence-electron chi connectivity index (χ2n) is 7.49. The lowest BCUT2D eigenvalue weighted by Gasteiger charge is -2.10. The van der Waals surface area contributed by atoms with Gasteiger partial charge in [-0.05, 0) is 61.1 Å². The van der Waals surface area contributed by atoms with E-state index in [4.69, 9.17) is 4.74 Å². The van der Waals surface area contributed by atoms with Gasteiger partial charge >= 0.3 is 11.9 Å². The highest BCUT2D eigenvalue weighted by Crippen LogP contribution is 2.23. The average Bonchev–Trinajstić information content (AvgIpc) is 3.24. The molecule has 0 saturated heterocycles. The molecule has 2 aromatic carbocycles. The van der Waals surface area contributed by atoms with Crippen molar-refractivity contribution < 1.29 is 28.7 Å². The molecule has 0 spiro atoms. The average molecular weight is 423 g/mol. The first-order chi connectivity index (χ1) is 14.9. The number of aryl methyl sites for hydroxylation is 3. The summed E-state index contributed by atoms with van der Waals surface area (Å²) in [5.74, 6) is -1.80. The Balaban J connectivity index is 1.46. The number of amides is 1. The minimum absolute atomic E-state index is 0.0273. The lowest BCUT2D eigenvalue weighted by molar-refractivity contribution is -0.147. The van der Waals surface area contributed by atoms with Crippen LogP contribution in [0.15, 0.2) is 36.4 Å². The van der Waals surface area contributed by atoms with Gasteiger partial charge < -0.3 is 14.8 Å². The normalized spacial score (nSPS) is 12.1. The third kappa shape index (κ3) is 5.78. The number of carbonyl (C=O) groups is 4. The van der Waals surface area contributed by atoms with Crippen LogP contribution in [0.1, 0.15) is 56.7 Å². The third-order valence-electron chi connectivity index (χ3n) is 5.27. The molecular formula is C24H25NO6. The number of anilines is 1. The van der Waals surface area contributed by atoms with Gasteiger partial charge in [0.05, 0.1) is 19.1 Å². The minimum atomic E-state index is -0.621. The predicted octanol–water partition coefficient (Wildman–Crippen LogP) is 3.42. The van der Waals surface area contributed by atoms with E-state index in [0.29, 0.717) is 16.8 Å². The molecule has 0 aromatic heterocycles. The van der Waals surface area contributed by atoms with Crippen molar-refractivity contribution in [1.82, 2.24) is 0 Å². The van der Waals surface area contributed by atoms with Crippen LogP contribution in [0.2, 0.25) is 0 Å². The molecule has 0 atom stereocenters. The van der Waals surface area contributed by atoms with Crippen molar-refractivity contribution in [2.24, 2.45) is 0 Å². The van der Waals surface area contributed by atoms with Crippen LogP contribution in [0.3, 0.4) is 0 Å². The summed E-state index contributed by atoms with van der Waals surface area (Å²) in [5.41, 5.74) is 4.56. The fourth-order valence-electron chi connectivity index (χ4n) is 3.51. The van der Waals surface area contributed by atoms with Crippen molar-refractivity contribution in [3.8, 4) is 0 Å². The summed E-state index contributed by atoms with van der Waals surface area (Å²) in [5, 5.41) is 2.61. The molecule has 0 heterocycles. The van der Waals surface area contributed by atoms with Gasteiger partial charge in [0.25, 0.3) is 5.91 Å². The van der Waals surface area contributed by atoms with E-state index in [-0.39, 0.29) is 18.6 Å². The molecule has 2 aromatic rings. The van der Waals surface area contributed by atoms with E-state index in [1.807, 2.05) is 12.1 Å². The zero-order valence-electron chi connectivity index (χ0n) is 17.7.